The molecule has 0 saturated carbocycles. The quantitative estimate of drug-likeness (QED) is 0.659. The van der Waals surface area contributed by atoms with E-state index in [1.807, 2.05) is 20.8 Å². The van der Waals surface area contributed by atoms with Gasteiger partial charge in [-0.1, -0.05) is 19.6 Å². The number of carboxylic acids is 1. The fourth-order valence-electron chi connectivity index (χ4n) is 3.11. The van der Waals surface area contributed by atoms with Crippen LogP contribution in [-0.2, 0) is 9.47 Å². The molecule has 1 fully saturated rings. The Kier molecular flexibility index (Phi) is 6.92. The lowest BCUT2D eigenvalue weighted by Gasteiger charge is -2.32. The Hall–Kier alpha value is -1.87. The van der Waals surface area contributed by atoms with Crippen molar-refractivity contribution in [3.63, 3.8) is 0 Å². The van der Waals surface area contributed by atoms with E-state index in [0.717, 1.165) is 18.9 Å². The van der Waals surface area contributed by atoms with Crippen molar-refractivity contribution < 1.29 is 24.2 Å². The summed E-state index contributed by atoms with van der Waals surface area (Å²) in [6.07, 6.45) is 2.06. The fourth-order valence-corrected chi connectivity index (χ4v) is 3.84. The van der Waals surface area contributed by atoms with Crippen LogP contribution in [0, 0.1) is 0 Å². The lowest BCUT2D eigenvalue weighted by molar-refractivity contribution is -0.0209. The van der Waals surface area contributed by atoms with Gasteiger partial charge < -0.3 is 24.5 Å². The lowest BCUT2D eigenvalue weighted by atomic mass is 10.1. The molecule has 2 unspecified atom stereocenters. The normalized spacial score (nSPS) is 18.9. The van der Waals surface area contributed by atoms with E-state index in [0.29, 0.717) is 19.0 Å². The average molecular weight is 412 g/mol. The number of rotatable bonds is 7. The molecule has 1 aliphatic rings. The monoisotopic (exact) mass is 411 g/mol. The molecule has 2 atom stereocenters. The SMILES string of the molecule is CC(C)(C)OC(=O)N1CCCC1C(OCC[Si](C)(C)C)c1nc(C(=O)O)c[nH]1. The van der Waals surface area contributed by atoms with Gasteiger partial charge in [-0.2, -0.15) is 0 Å². The number of hydrogen-bond donors (Lipinski definition) is 2. The van der Waals surface area contributed by atoms with Crippen molar-refractivity contribution in [2.24, 2.45) is 0 Å². The first-order valence-electron chi connectivity index (χ1n) is 9.77. The van der Waals surface area contributed by atoms with Crippen LogP contribution in [0.15, 0.2) is 6.20 Å². The van der Waals surface area contributed by atoms with Crippen molar-refractivity contribution in [1.29, 1.82) is 0 Å². The maximum atomic E-state index is 12.7. The summed E-state index contributed by atoms with van der Waals surface area (Å²) >= 11 is 0. The number of amides is 1. The van der Waals surface area contributed by atoms with E-state index in [1.54, 1.807) is 4.90 Å². The molecule has 0 spiro atoms. The first-order chi connectivity index (χ1) is 12.9. The molecule has 0 aliphatic carbocycles. The number of carboxylic acid groups (broad SMARTS) is 1. The zero-order chi connectivity index (χ0) is 21.1. The highest BCUT2D eigenvalue weighted by molar-refractivity contribution is 6.76. The number of H-pyrrole nitrogens is 1. The molecule has 2 N–H and O–H groups in total. The predicted octanol–water partition coefficient (Wildman–Crippen LogP) is 3.90. The zero-order valence-corrected chi connectivity index (χ0v) is 18.7. The van der Waals surface area contributed by atoms with Gasteiger partial charge in [-0.05, 0) is 39.7 Å². The molecule has 1 amide bonds. The van der Waals surface area contributed by atoms with Crippen molar-refractivity contribution >= 4 is 20.1 Å². The summed E-state index contributed by atoms with van der Waals surface area (Å²) in [5.41, 5.74) is -0.643. The van der Waals surface area contributed by atoms with Gasteiger partial charge >= 0.3 is 12.1 Å². The number of nitrogens with zero attached hydrogens (tertiary/aromatic N) is 2. The van der Waals surface area contributed by atoms with Crippen LogP contribution in [0.1, 0.15) is 56.0 Å². The summed E-state index contributed by atoms with van der Waals surface area (Å²) in [5.74, 6) is -0.660. The first kappa shape index (κ1) is 22.4. The van der Waals surface area contributed by atoms with Crippen LogP contribution in [0.4, 0.5) is 4.79 Å². The third kappa shape index (κ3) is 6.34. The Morgan fingerprint density at radius 2 is 2.07 bits per heavy atom. The van der Waals surface area contributed by atoms with Crippen molar-refractivity contribution in [2.75, 3.05) is 13.2 Å². The Labute approximate surface area is 167 Å². The van der Waals surface area contributed by atoms with E-state index in [9.17, 15) is 14.7 Å². The van der Waals surface area contributed by atoms with Gasteiger partial charge in [-0.15, -0.1) is 0 Å². The average Bonchev–Trinajstić information content (AvgIpc) is 3.18. The highest BCUT2D eigenvalue weighted by atomic mass is 28.3. The molecule has 2 rings (SSSR count). The summed E-state index contributed by atoms with van der Waals surface area (Å²) in [7, 11) is -1.30. The number of aromatic nitrogens is 2. The standard InChI is InChI=1S/C19H33N3O5Si/c1-19(2,3)27-18(25)22-9-7-8-14(22)15(26-10-11-28(4,5)6)16-20-12-13(21-16)17(23)24/h12,14-15H,7-11H2,1-6H3,(H,20,21)(H,23,24). The van der Waals surface area contributed by atoms with Crippen molar-refractivity contribution in [2.45, 2.75) is 77.0 Å². The van der Waals surface area contributed by atoms with Crippen LogP contribution in [0.3, 0.4) is 0 Å². The molecule has 1 aromatic heterocycles. The maximum absolute atomic E-state index is 12.7. The highest BCUT2D eigenvalue weighted by Gasteiger charge is 2.40. The van der Waals surface area contributed by atoms with E-state index in [2.05, 4.69) is 29.6 Å². The minimum Gasteiger partial charge on any atom is -0.476 e. The fraction of sp³-hybridized carbons (Fsp3) is 0.737. The van der Waals surface area contributed by atoms with E-state index in [-0.39, 0.29) is 17.8 Å². The van der Waals surface area contributed by atoms with Crippen LogP contribution in [0.5, 0.6) is 0 Å². The number of hydrogen-bond acceptors (Lipinski definition) is 5. The molecule has 1 aromatic rings. The molecule has 0 bridgehead atoms. The van der Waals surface area contributed by atoms with Crippen molar-refractivity contribution in [3.8, 4) is 0 Å². The van der Waals surface area contributed by atoms with E-state index in [1.165, 1.54) is 6.20 Å². The summed E-state index contributed by atoms with van der Waals surface area (Å²) in [6.45, 7) is 13.4. The number of ether oxygens (including phenoxy) is 2. The third-order valence-electron chi connectivity index (χ3n) is 4.51. The number of carbonyl (C=O) groups excluding carboxylic acids is 1. The molecule has 2 heterocycles. The summed E-state index contributed by atoms with van der Waals surface area (Å²) in [5, 5.41) is 9.19. The largest absolute Gasteiger partial charge is 0.476 e. The molecule has 9 heteroatoms. The van der Waals surface area contributed by atoms with Gasteiger partial charge in [0.05, 0.1) is 6.04 Å². The Morgan fingerprint density at radius 1 is 1.39 bits per heavy atom. The van der Waals surface area contributed by atoms with E-state index < -0.39 is 25.7 Å². The third-order valence-corrected chi connectivity index (χ3v) is 6.22. The number of nitrogens with one attached hydrogen (secondary N) is 1. The smallest absolute Gasteiger partial charge is 0.410 e. The summed E-state index contributed by atoms with van der Waals surface area (Å²) in [6, 6.07) is 0.721. The molecule has 158 valence electrons. The number of carbonyl (C=O) groups is 2. The minimum absolute atomic E-state index is 0.0596. The lowest BCUT2D eigenvalue weighted by Crippen LogP contribution is -2.43. The molecular formula is C19H33N3O5Si. The molecule has 28 heavy (non-hydrogen) atoms. The van der Waals surface area contributed by atoms with Crippen LogP contribution in [-0.4, -0.2) is 64.9 Å². The van der Waals surface area contributed by atoms with Gasteiger partial charge in [0, 0.05) is 27.4 Å². The van der Waals surface area contributed by atoms with Gasteiger partial charge in [0.2, 0.25) is 0 Å². The first-order valence-corrected chi connectivity index (χ1v) is 13.5. The molecule has 0 aromatic carbocycles. The van der Waals surface area contributed by atoms with Crippen LogP contribution >= 0.6 is 0 Å². The van der Waals surface area contributed by atoms with Crippen molar-refractivity contribution in [1.82, 2.24) is 14.9 Å². The highest BCUT2D eigenvalue weighted by Crippen LogP contribution is 2.32. The van der Waals surface area contributed by atoms with Gasteiger partial charge in [-0.25, -0.2) is 14.6 Å². The number of imidazole rings is 1. The van der Waals surface area contributed by atoms with Crippen LogP contribution in [0.2, 0.25) is 25.7 Å². The van der Waals surface area contributed by atoms with Gasteiger partial charge in [0.1, 0.15) is 17.5 Å². The summed E-state index contributed by atoms with van der Waals surface area (Å²) in [4.78, 5) is 32.7. The van der Waals surface area contributed by atoms with Crippen LogP contribution < -0.4 is 0 Å². The van der Waals surface area contributed by atoms with Crippen LogP contribution in [0.25, 0.3) is 0 Å². The van der Waals surface area contributed by atoms with Crippen molar-refractivity contribution in [3.05, 3.63) is 17.7 Å². The number of likely N-dealkylation sites (tertiary alicyclic amines) is 1. The second-order valence-electron chi connectivity index (χ2n) is 9.46. The molecule has 1 aliphatic heterocycles. The molecule has 1 saturated heterocycles. The van der Waals surface area contributed by atoms with Gasteiger partial charge in [0.25, 0.3) is 0 Å². The number of aromatic carboxylic acids is 1. The Morgan fingerprint density at radius 3 is 2.61 bits per heavy atom. The van der Waals surface area contributed by atoms with E-state index >= 15 is 0 Å². The Bertz CT molecular complexity index is 692. The molecule has 0 radical (unpaired) electrons. The molecular weight excluding hydrogens is 378 g/mol. The predicted molar refractivity (Wildman–Crippen MR) is 108 cm³/mol. The van der Waals surface area contributed by atoms with Gasteiger partial charge in [-0.3, -0.25) is 0 Å². The topological polar surface area (TPSA) is 105 Å². The summed E-state index contributed by atoms with van der Waals surface area (Å²) < 4.78 is 11.7. The van der Waals surface area contributed by atoms with Gasteiger partial charge in [0.15, 0.2) is 5.69 Å². The second-order valence-corrected chi connectivity index (χ2v) is 15.1. The Balaban J connectivity index is 2.23. The number of aromatic amines is 1. The zero-order valence-electron chi connectivity index (χ0n) is 17.7. The maximum Gasteiger partial charge on any atom is 0.410 e. The van der Waals surface area contributed by atoms with E-state index in [4.69, 9.17) is 9.47 Å². The minimum atomic E-state index is -1.30. The molecule has 8 nitrogen and oxygen atoms in total. The second kappa shape index (κ2) is 8.65.